The molecule has 100 valence electrons. The summed E-state index contributed by atoms with van der Waals surface area (Å²) in [6.45, 7) is 1.98. The molecule has 0 saturated heterocycles. The Kier molecular flexibility index (Phi) is 3.20. The summed E-state index contributed by atoms with van der Waals surface area (Å²) in [5.74, 6) is 1.31. The van der Waals surface area contributed by atoms with Gasteiger partial charge in [-0.05, 0) is 42.8 Å². The Morgan fingerprint density at radius 1 is 1.10 bits per heavy atom. The van der Waals surface area contributed by atoms with Crippen molar-refractivity contribution in [3.8, 4) is 11.5 Å². The first kappa shape index (κ1) is 12.8. The Balaban J connectivity index is 2.09. The fourth-order valence-corrected chi connectivity index (χ4v) is 2.34. The van der Waals surface area contributed by atoms with Crippen molar-refractivity contribution in [3.63, 3.8) is 0 Å². The maximum atomic E-state index is 6.20. The minimum absolute atomic E-state index is 0.582. The van der Waals surface area contributed by atoms with Crippen molar-refractivity contribution >= 4 is 28.2 Å². The number of halogens is 1. The minimum Gasteiger partial charge on any atom is -0.455 e. The molecule has 0 radical (unpaired) electrons. The predicted molar refractivity (Wildman–Crippen MR) is 82.4 cm³/mol. The lowest BCUT2D eigenvalue weighted by atomic mass is 10.2. The molecule has 0 bridgehead atoms. The van der Waals surface area contributed by atoms with Crippen molar-refractivity contribution in [2.45, 2.75) is 6.92 Å². The molecular weight excluding hydrogens is 272 g/mol. The molecule has 2 aromatic carbocycles. The largest absolute Gasteiger partial charge is 0.455 e. The molecule has 0 unspecified atom stereocenters. The number of anilines is 1. The number of aromatic nitrogens is 1. The van der Waals surface area contributed by atoms with Crippen LogP contribution in [0, 0.1) is 6.92 Å². The first-order valence-corrected chi connectivity index (χ1v) is 6.60. The SMILES string of the molecule is Cc1ccc(Oc2ccnc3c(N)cccc23)c(Cl)c1. The highest BCUT2D eigenvalue weighted by atomic mass is 35.5. The number of para-hydroxylation sites is 1. The van der Waals surface area contributed by atoms with Crippen molar-refractivity contribution < 1.29 is 4.74 Å². The van der Waals surface area contributed by atoms with Crippen LogP contribution in [-0.2, 0) is 0 Å². The fourth-order valence-electron chi connectivity index (χ4n) is 2.07. The number of nitrogen functional groups attached to an aromatic ring is 1. The van der Waals surface area contributed by atoms with E-state index in [4.69, 9.17) is 22.1 Å². The summed E-state index contributed by atoms with van der Waals surface area (Å²) in [7, 11) is 0. The van der Waals surface area contributed by atoms with Gasteiger partial charge in [-0.15, -0.1) is 0 Å². The molecule has 1 heterocycles. The van der Waals surface area contributed by atoms with E-state index in [1.807, 2.05) is 43.3 Å². The first-order chi connectivity index (χ1) is 9.65. The number of fused-ring (bicyclic) bond motifs is 1. The summed E-state index contributed by atoms with van der Waals surface area (Å²) >= 11 is 6.20. The van der Waals surface area contributed by atoms with Crippen LogP contribution in [0.3, 0.4) is 0 Å². The van der Waals surface area contributed by atoms with E-state index in [0.717, 1.165) is 16.5 Å². The molecule has 0 spiro atoms. The van der Waals surface area contributed by atoms with Crippen LogP contribution in [0.15, 0.2) is 48.7 Å². The second-order valence-corrected chi connectivity index (χ2v) is 5.00. The minimum atomic E-state index is 0.582. The van der Waals surface area contributed by atoms with E-state index in [9.17, 15) is 0 Å². The van der Waals surface area contributed by atoms with Crippen molar-refractivity contribution in [3.05, 3.63) is 59.2 Å². The lowest BCUT2D eigenvalue weighted by Crippen LogP contribution is -1.92. The summed E-state index contributed by atoms with van der Waals surface area (Å²) in [5, 5.41) is 1.45. The summed E-state index contributed by atoms with van der Waals surface area (Å²) in [6.07, 6.45) is 1.68. The van der Waals surface area contributed by atoms with Gasteiger partial charge in [0, 0.05) is 11.6 Å². The molecule has 1 aromatic heterocycles. The van der Waals surface area contributed by atoms with Crippen LogP contribution in [0.1, 0.15) is 5.56 Å². The van der Waals surface area contributed by atoms with Crippen LogP contribution in [0.5, 0.6) is 11.5 Å². The van der Waals surface area contributed by atoms with Crippen molar-refractivity contribution in [1.29, 1.82) is 0 Å². The second-order valence-electron chi connectivity index (χ2n) is 4.59. The molecule has 4 heteroatoms. The van der Waals surface area contributed by atoms with Gasteiger partial charge in [0.25, 0.3) is 0 Å². The molecule has 0 amide bonds. The third-order valence-electron chi connectivity index (χ3n) is 3.07. The van der Waals surface area contributed by atoms with Crippen LogP contribution in [0.2, 0.25) is 5.02 Å². The van der Waals surface area contributed by atoms with Crippen LogP contribution in [0.25, 0.3) is 10.9 Å². The predicted octanol–water partition coefficient (Wildman–Crippen LogP) is 4.57. The summed E-state index contributed by atoms with van der Waals surface area (Å²) in [5.41, 5.74) is 8.37. The van der Waals surface area contributed by atoms with Gasteiger partial charge < -0.3 is 10.5 Å². The Labute approximate surface area is 122 Å². The number of rotatable bonds is 2. The first-order valence-electron chi connectivity index (χ1n) is 6.22. The molecule has 0 fully saturated rings. The fraction of sp³-hybridized carbons (Fsp3) is 0.0625. The lowest BCUT2D eigenvalue weighted by molar-refractivity contribution is 0.488. The standard InChI is InChI=1S/C16H13ClN2O/c1-10-5-6-15(12(17)9-10)20-14-7-8-19-16-11(14)3-2-4-13(16)18/h2-9H,18H2,1H3. The highest BCUT2D eigenvalue weighted by Gasteiger charge is 2.08. The lowest BCUT2D eigenvalue weighted by Gasteiger charge is -2.11. The van der Waals surface area contributed by atoms with Gasteiger partial charge in [0.2, 0.25) is 0 Å². The third-order valence-corrected chi connectivity index (χ3v) is 3.36. The van der Waals surface area contributed by atoms with Crippen LogP contribution >= 0.6 is 11.6 Å². The van der Waals surface area contributed by atoms with Gasteiger partial charge in [-0.2, -0.15) is 0 Å². The van der Waals surface area contributed by atoms with E-state index in [1.165, 1.54) is 0 Å². The quantitative estimate of drug-likeness (QED) is 0.701. The molecule has 3 rings (SSSR count). The highest BCUT2D eigenvalue weighted by molar-refractivity contribution is 6.32. The molecule has 20 heavy (non-hydrogen) atoms. The molecule has 0 aliphatic carbocycles. The number of ether oxygens (including phenoxy) is 1. The average molecular weight is 285 g/mol. The van der Waals surface area contributed by atoms with Gasteiger partial charge in [-0.3, -0.25) is 4.98 Å². The van der Waals surface area contributed by atoms with Crippen molar-refractivity contribution in [2.75, 3.05) is 5.73 Å². The monoisotopic (exact) mass is 284 g/mol. The molecule has 0 atom stereocenters. The number of aryl methyl sites for hydroxylation is 1. The van der Waals surface area contributed by atoms with Gasteiger partial charge in [-0.1, -0.05) is 23.7 Å². The number of hydrogen-bond donors (Lipinski definition) is 1. The Morgan fingerprint density at radius 2 is 1.95 bits per heavy atom. The molecule has 0 aliphatic rings. The van der Waals surface area contributed by atoms with Crippen molar-refractivity contribution in [1.82, 2.24) is 4.98 Å². The number of hydrogen-bond acceptors (Lipinski definition) is 3. The second kappa shape index (κ2) is 5.02. The molecule has 0 saturated carbocycles. The molecular formula is C16H13ClN2O. The smallest absolute Gasteiger partial charge is 0.146 e. The van der Waals surface area contributed by atoms with E-state index in [-0.39, 0.29) is 0 Å². The third kappa shape index (κ3) is 2.28. The zero-order chi connectivity index (χ0) is 14.1. The summed E-state index contributed by atoms with van der Waals surface area (Å²) in [4.78, 5) is 4.28. The van der Waals surface area contributed by atoms with E-state index >= 15 is 0 Å². The zero-order valence-corrected chi connectivity index (χ0v) is 11.7. The number of pyridine rings is 1. The van der Waals surface area contributed by atoms with Gasteiger partial charge in [0.1, 0.15) is 11.5 Å². The Morgan fingerprint density at radius 3 is 2.75 bits per heavy atom. The van der Waals surface area contributed by atoms with E-state index in [0.29, 0.717) is 22.2 Å². The topological polar surface area (TPSA) is 48.1 Å². The average Bonchev–Trinajstić information content (AvgIpc) is 2.43. The van der Waals surface area contributed by atoms with Crippen molar-refractivity contribution in [2.24, 2.45) is 0 Å². The number of nitrogens with zero attached hydrogens (tertiary/aromatic N) is 1. The molecule has 0 aliphatic heterocycles. The Bertz CT molecular complexity index is 787. The number of benzene rings is 2. The van der Waals surface area contributed by atoms with E-state index in [1.54, 1.807) is 12.3 Å². The van der Waals surface area contributed by atoms with Gasteiger partial charge in [-0.25, -0.2) is 0 Å². The van der Waals surface area contributed by atoms with Crippen LogP contribution in [0.4, 0.5) is 5.69 Å². The molecule has 2 N–H and O–H groups in total. The van der Waals surface area contributed by atoms with Gasteiger partial charge >= 0.3 is 0 Å². The summed E-state index contributed by atoms with van der Waals surface area (Å²) < 4.78 is 5.90. The van der Waals surface area contributed by atoms with Crippen LogP contribution in [-0.4, -0.2) is 4.98 Å². The molecule has 3 aromatic rings. The van der Waals surface area contributed by atoms with Gasteiger partial charge in [0.05, 0.1) is 16.2 Å². The Hall–Kier alpha value is -2.26. The van der Waals surface area contributed by atoms with Crippen LogP contribution < -0.4 is 10.5 Å². The highest BCUT2D eigenvalue weighted by Crippen LogP contribution is 2.34. The normalized spacial score (nSPS) is 10.7. The summed E-state index contributed by atoms with van der Waals surface area (Å²) in [6, 6.07) is 13.1. The van der Waals surface area contributed by atoms with E-state index < -0.39 is 0 Å². The molecule has 3 nitrogen and oxygen atoms in total. The van der Waals surface area contributed by atoms with Gasteiger partial charge in [0.15, 0.2) is 0 Å². The maximum Gasteiger partial charge on any atom is 0.146 e. The van der Waals surface area contributed by atoms with E-state index in [2.05, 4.69) is 4.98 Å². The zero-order valence-electron chi connectivity index (χ0n) is 10.9. The number of nitrogens with two attached hydrogens (primary N) is 1. The maximum absolute atomic E-state index is 6.20.